The Morgan fingerprint density at radius 2 is 1.91 bits per heavy atom. The van der Waals surface area contributed by atoms with Crippen LogP contribution in [0, 0.1) is 17.8 Å². The Balaban J connectivity index is 1.63. The van der Waals surface area contributed by atoms with Gasteiger partial charge in [0.2, 0.25) is 0 Å². The quantitative estimate of drug-likeness (QED) is 0.316. The van der Waals surface area contributed by atoms with Crippen LogP contribution in [0.25, 0.3) is 0 Å². The molecule has 2 aliphatic heterocycles. The molecule has 0 amide bonds. The van der Waals surface area contributed by atoms with Crippen LogP contribution >= 0.6 is 0 Å². The summed E-state index contributed by atoms with van der Waals surface area (Å²) < 4.78 is 11.4. The van der Waals surface area contributed by atoms with Crippen molar-refractivity contribution in [3.8, 4) is 0 Å². The minimum atomic E-state index is -1.47. The van der Waals surface area contributed by atoms with E-state index >= 15 is 0 Å². The van der Waals surface area contributed by atoms with Crippen molar-refractivity contribution >= 4 is 23.3 Å². The molecule has 4 rings (SSSR count). The van der Waals surface area contributed by atoms with Gasteiger partial charge < -0.3 is 14.6 Å². The lowest BCUT2D eigenvalue weighted by atomic mass is 9.66. The second-order valence-corrected chi connectivity index (χ2v) is 10.4. The number of ketones is 3. The van der Waals surface area contributed by atoms with Gasteiger partial charge in [-0.05, 0) is 44.4 Å². The summed E-state index contributed by atoms with van der Waals surface area (Å²) in [5.74, 6) is -3.37. The number of carbonyl (C=O) groups is 4. The smallest absolute Gasteiger partial charge is 0.318 e. The molecule has 2 aliphatic carbocycles. The Morgan fingerprint density at radius 3 is 2.60 bits per heavy atom. The zero-order chi connectivity index (χ0) is 25.5. The van der Waals surface area contributed by atoms with Gasteiger partial charge in [-0.25, -0.2) is 0 Å². The van der Waals surface area contributed by atoms with Gasteiger partial charge in [0.25, 0.3) is 0 Å². The number of aliphatic hydroxyl groups is 1. The van der Waals surface area contributed by atoms with E-state index < -0.39 is 29.5 Å². The van der Waals surface area contributed by atoms with Gasteiger partial charge in [0.1, 0.15) is 11.7 Å². The lowest BCUT2D eigenvalue weighted by Gasteiger charge is -2.36. The summed E-state index contributed by atoms with van der Waals surface area (Å²) in [6.45, 7) is 7.29. The van der Waals surface area contributed by atoms with E-state index in [2.05, 4.69) is 6.92 Å². The highest BCUT2D eigenvalue weighted by atomic mass is 16.6. The van der Waals surface area contributed by atoms with E-state index in [1.165, 1.54) is 12.3 Å². The molecule has 5 atom stereocenters. The highest BCUT2D eigenvalue weighted by Gasteiger charge is 2.62. The van der Waals surface area contributed by atoms with E-state index in [1.54, 1.807) is 19.9 Å². The van der Waals surface area contributed by atoms with E-state index in [4.69, 9.17) is 9.47 Å². The molecule has 1 fully saturated rings. The van der Waals surface area contributed by atoms with E-state index in [0.717, 1.165) is 25.7 Å². The summed E-state index contributed by atoms with van der Waals surface area (Å²) >= 11 is 0. The van der Waals surface area contributed by atoms with Gasteiger partial charge in [0, 0.05) is 17.9 Å². The lowest BCUT2D eigenvalue weighted by Crippen LogP contribution is -2.47. The van der Waals surface area contributed by atoms with Crippen LogP contribution in [0.4, 0.5) is 0 Å². The van der Waals surface area contributed by atoms with Gasteiger partial charge in [0.05, 0.1) is 23.9 Å². The van der Waals surface area contributed by atoms with E-state index in [9.17, 15) is 24.3 Å². The van der Waals surface area contributed by atoms with Crippen LogP contribution in [0.5, 0.6) is 0 Å². The van der Waals surface area contributed by atoms with Crippen molar-refractivity contribution in [1.82, 2.24) is 0 Å². The van der Waals surface area contributed by atoms with Crippen molar-refractivity contribution in [3.05, 3.63) is 46.5 Å². The molecule has 4 unspecified atom stereocenters. The van der Waals surface area contributed by atoms with Crippen molar-refractivity contribution in [2.75, 3.05) is 0 Å². The first-order valence-electron chi connectivity index (χ1n) is 12.6. The number of carbonyl (C=O) groups excluding carboxylic acids is 4. The number of rotatable bonds is 8. The maximum Gasteiger partial charge on any atom is 0.318 e. The Hall–Kier alpha value is -2.80. The van der Waals surface area contributed by atoms with Gasteiger partial charge in [-0.3, -0.25) is 19.2 Å². The molecule has 35 heavy (non-hydrogen) atoms. The summed E-state index contributed by atoms with van der Waals surface area (Å²) in [6, 6.07) is 0. The van der Waals surface area contributed by atoms with Crippen LogP contribution in [0.3, 0.4) is 0 Å². The molecule has 2 heterocycles. The van der Waals surface area contributed by atoms with Crippen molar-refractivity contribution in [2.45, 2.75) is 84.3 Å². The number of fused-ring (bicyclic) bond motifs is 3. The van der Waals surface area contributed by atoms with E-state index in [0.29, 0.717) is 40.9 Å². The van der Waals surface area contributed by atoms with Gasteiger partial charge >= 0.3 is 5.97 Å². The van der Waals surface area contributed by atoms with Crippen molar-refractivity contribution in [3.63, 3.8) is 0 Å². The molecular formula is C28H34O7. The van der Waals surface area contributed by atoms with Crippen molar-refractivity contribution in [2.24, 2.45) is 17.8 Å². The first kappa shape index (κ1) is 25.3. The third kappa shape index (κ3) is 4.46. The molecule has 4 aliphatic rings. The van der Waals surface area contributed by atoms with E-state index in [1.807, 2.05) is 6.92 Å². The first-order chi connectivity index (χ1) is 16.6. The van der Waals surface area contributed by atoms with Crippen LogP contribution in [-0.4, -0.2) is 40.1 Å². The molecule has 7 heteroatoms. The molecule has 0 aromatic rings. The summed E-state index contributed by atoms with van der Waals surface area (Å²) in [4.78, 5) is 52.1. The number of hydrogen-bond donors (Lipinski definition) is 1. The van der Waals surface area contributed by atoms with Crippen LogP contribution in [0.2, 0.25) is 0 Å². The molecule has 0 saturated carbocycles. The van der Waals surface area contributed by atoms with Gasteiger partial charge in [0.15, 0.2) is 23.0 Å². The van der Waals surface area contributed by atoms with Crippen LogP contribution in [0.1, 0.15) is 72.6 Å². The Kier molecular flexibility index (Phi) is 7.00. The molecule has 0 bridgehead atoms. The number of ether oxygens (including phenoxy) is 2. The Morgan fingerprint density at radius 1 is 1.17 bits per heavy atom. The van der Waals surface area contributed by atoms with Crippen molar-refractivity contribution in [1.29, 1.82) is 0 Å². The lowest BCUT2D eigenvalue weighted by molar-refractivity contribution is -0.156. The highest BCUT2D eigenvalue weighted by Crippen LogP contribution is 2.51. The molecule has 7 nitrogen and oxygen atoms in total. The average Bonchev–Trinajstić information content (AvgIpc) is 3.07. The number of Topliss-reactive ketones (excluding diaryl/α,β-unsaturated/α-hetero) is 2. The minimum Gasteiger partial charge on any atom is -0.464 e. The summed E-state index contributed by atoms with van der Waals surface area (Å²) in [5, 5.41) is 9.89. The zero-order valence-electron chi connectivity index (χ0n) is 20.9. The summed E-state index contributed by atoms with van der Waals surface area (Å²) in [5.41, 5.74) is 0.723. The topological polar surface area (TPSA) is 107 Å². The third-order valence-corrected chi connectivity index (χ3v) is 7.73. The fourth-order valence-electron chi connectivity index (χ4n) is 5.75. The molecule has 1 saturated heterocycles. The molecule has 0 aromatic carbocycles. The fourth-order valence-corrected chi connectivity index (χ4v) is 5.75. The van der Waals surface area contributed by atoms with Gasteiger partial charge in [-0.1, -0.05) is 45.1 Å². The largest absolute Gasteiger partial charge is 0.464 e. The van der Waals surface area contributed by atoms with Gasteiger partial charge in [-0.15, -0.1) is 0 Å². The molecule has 188 valence electrons. The highest BCUT2D eigenvalue weighted by molar-refractivity contribution is 6.10. The number of hydrogen-bond acceptors (Lipinski definition) is 7. The number of allylic oxidation sites excluding steroid dienone is 3. The monoisotopic (exact) mass is 482 g/mol. The molecule has 1 N–H and O–H groups in total. The maximum absolute atomic E-state index is 13.4. The van der Waals surface area contributed by atoms with Crippen LogP contribution in [-0.2, 0) is 28.7 Å². The molecule has 0 spiro atoms. The SMILES string of the molecule is CCCCCCC(C)C(=O)C1C(=O)O[C@@]2(C)C(=O)C=C3C=C(C4=C(C)CC(O)CC4=O)OC=C3C12. The summed E-state index contributed by atoms with van der Waals surface area (Å²) in [7, 11) is 0. The van der Waals surface area contributed by atoms with Gasteiger partial charge in [-0.2, -0.15) is 0 Å². The average molecular weight is 483 g/mol. The standard InChI is InChI=1S/C28H34O7/c1-5-6-7-8-9-15(2)26(32)24-25-19-14-34-21(23-16(3)10-18(29)13-20(23)30)11-17(19)12-22(31)28(25,4)35-27(24)33/h11-12,14-15,18,24-25,29H,5-10,13H2,1-4H3/t15?,18?,24?,25?,28-/m0/s1. The second kappa shape index (κ2) is 9.69. The molecule has 0 radical (unpaired) electrons. The Bertz CT molecular complexity index is 1090. The Labute approximate surface area is 205 Å². The summed E-state index contributed by atoms with van der Waals surface area (Å²) in [6.07, 6.45) is 8.97. The molecular weight excluding hydrogens is 448 g/mol. The second-order valence-electron chi connectivity index (χ2n) is 10.4. The number of aliphatic hydroxyl groups excluding tert-OH is 1. The van der Waals surface area contributed by atoms with Crippen molar-refractivity contribution < 1.29 is 33.8 Å². The van der Waals surface area contributed by atoms with E-state index in [-0.39, 0.29) is 29.7 Å². The van der Waals surface area contributed by atoms with Crippen LogP contribution < -0.4 is 0 Å². The normalized spacial score (nSPS) is 31.1. The third-order valence-electron chi connectivity index (χ3n) is 7.73. The number of esters is 1. The minimum absolute atomic E-state index is 0.0116. The predicted molar refractivity (Wildman–Crippen MR) is 128 cm³/mol. The zero-order valence-corrected chi connectivity index (χ0v) is 20.9. The van der Waals surface area contributed by atoms with Crippen LogP contribution in [0.15, 0.2) is 46.5 Å². The predicted octanol–water partition coefficient (Wildman–Crippen LogP) is 4.06. The molecule has 0 aromatic heterocycles. The number of unbranched alkanes of at least 4 members (excludes halogenated alkanes) is 3. The fraction of sp³-hybridized carbons (Fsp3) is 0.571. The maximum atomic E-state index is 13.4. The first-order valence-corrected chi connectivity index (χ1v) is 12.6.